The van der Waals surface area contributed by atoms with E-state index < -0.39 is 64.7 Å². The van der Waals surface area contributed by atoms with Crippen molar-refractivity contribution >= 4 is 23.5 Å². The van der Waals surface area contributed by atoms with Crippen molar-refractivity contribution in [2.45, 2.75) is 23.9 Å². The predicted octanol–water partition coefficient (Wildman–Crippen LogP) is 4.92. The van der Waals surface area contributed by atoms with Gasteiger partial charge in [0.1, 0.15) is 6.04 Å². The molecule has 0 aromatic heterocycles. The van der Waals surface area contributed by atoms with Gasteiger partial charge in [0.25, 0.3) is 0 Å². The Morgan fingerprint density at radius 2 is 1.25 bits per heavy atom. The monoisotopic (exact) mass is 562 g/mol. The Morgan fingerprint density at radius 3 is 1.68 bits per heavy atom. The van der Waals surface area contributed by atoms with E-state index in [9.17, 15) is 40.7 Å². The number of imide groups is 1. The first-order valence-corrected chi connectivity index (χ1v) is 11.9. The molecule has 0 radical (unpaired) electrons. The molecular weight excluding hydrogens is 542 g/mol. The number of esters is 1. The first-order chi connectivity index (χ1) is 18.8. The normalized spacial score (nSPS) is 22.4. The molecule has 3 aromatic rings. The molecule has 0 aliphatic carbocycles. The summed E-state index contributed by atoms with van der Waals surface area (Å²) in [6, 6.07) is 13.7. The summed E-state index contributed by atoms with van der Waals surface area (Å²) in [4.78, 5) is 41.5. The standard InChI is InChI=1S/C28H20F6N2O4/c1-40-25(39)22-20-21(24(38)36(23(20)37)19-5-3-2-4-6-19)26(35-22,15-7-11-17(12-8-15)27(29,30)31)16-9-13-18(14-10-16)28(32,33)34/h2-14,20-22,35H,1H3/t20-,21-,22+/m0/s1. The van der Waals surface area contributed by atoms with Crippen LogP contribution in [0.2, 0.25) is 0 Å². The molecule has 208 valence electrons. The summed E-state index contributed by atoms with van der Waals surface area (Å²) >= 11 is 0. The Bertz CT molecular complexity index is 1400. The molecule has 0 bridgehead atoms. The van der Waals surface area contributed by atoms with Gasteiger partial charge < -0.3 is 4.74 Å². The van der Waals surface area contributed by atoms with Gasteiger partial charge in [0.05, 0.1) is 41.3 Å². The Labute approximate surface area is 223 Å². The molecule has 0 unspecified atom stereocenters. The molecule has 5 rings (SSSR count). The van der Waals surface area contributed by atoms with Crippen molar-refractivity contribution in [1.29, 1.82) is 0 Å². The number of benzene rings is 3. The van der Waals surface area contributed by atoms with Crippen molar-refractivity contribution in [3.8, 4) is 0 Å². The molecule has 2 amide bonds. The molecule has 1 N–H and O–H groups in total. The number of halogens is 6. The van der Waals surface area contributed by atoms with E-state index in [1.807, 2.05) is 0 Å². The number of nitrogens with one attached hydrogen (secondary N) is 1. The van der Waals surface area contributed by atoms with Gasteiger partial charge in [-0.15, -0.1) is 0 Å². The minimum Gasteiger partial charge on any atom is -0.468 e. The van der Waals surface area contributed by atoms with E-state index in [1.165, 1.54) is 12.1 Å². The van der Waals surface area contributed by atoms with Crippen molar-refractivity contribution in [2.24, 2.45) is 11.8 Å². The largest absolute Gasteiger partial charge is 0.468 e. The summed E-state index contributed by atoms with van der Waals surface area (Å²) in [5.74, 6) is -5.25. The van der Waals surface area contributed by atoms with Crippen LogP contribution >= 0.6 is 0 Å². The van der Waals surface area contributed by atoms with Crippen molar-refractivity contribution in [3.05, 3.63) is 101 Å². The van der Waals surface area contributed by atoms with Gasteiger partial charge in [0.15, 0.2) is 0 Å². The van der Waals surface area contributed by atoms with E-state index in [0.717, 1.165) is 60.5 Å². The van der Waals surface area contributed by atoms with E-state index in [4.69, 9.17) is 4.74 Å². The van der Waals surface area contributed by atoms with Gasteiger partial charge in [-0.05, 0) is 47.5 Å². The van der Waals surface area contributed by atoms with Gasteiger partial charge in [-0.2, -0.15) is 26.3 Å². The number of carbonyl (C=O) groups is 3. The number of hydrogen-bond acceptors (Lipinski definition) is 5. The lowest BCUT2D eigenvalue weighted by molar-refractivity contribution is -0.145. The molecule has 40 heavy (non-hydrogen) atoms. The minimum atomic E-state index is -4.69. The molecule has 0 spiro atoms. The minimum absolute atomic E-state index is 0.0396. The molecule has 2 saturated heterocycles. The molecule has 2 aliphatic rings. The second kappa shape index (κ2) is 9.47. The van der Waals surface area contributed by atoms with Crippen LogP contribution in [0.4, 0.5) is 32.0 Å². The number of fused-ring (bicyclic) bond motifs is 1. The highest BCUT2D eigenvalue weighted by Gasteiger charge is 2.68. The first kappa shape index (κ1) is 27.4. The summed E-state index contributed by atoms with van der Waals surface area (Å²) in [5, 5.41) is 2.93. The molecule has 12 heteroatoms. The van der Waals surface area contributed by atoms with Crippen LogP contribution in [-0.2, 0) is 37.0 Å². The van der Waals surface area contributed by atoms with Crippen molar-refractivity contribution < 1.29 is 45.5 Å². The zero-order chi connectivity index (χ0) is 29.0. The zero-order valence-electron chi connectivity index (χ0n) is 20.6. The lowest BCUT2D eigenvalue weighted by Gasteiger charge is -2.36. The average Bonchev–Trinajstić information content (AvgIpc) is 3.42. The van der Waals surface area contributed by atoms with Gasteiger partial charge in [0.2, 0.25) is 11.8 Å². The van der Waals surface area contributed by atoms with Crippen molar-refractivity contribution in [1.82, 2.24) is 5.32 Å². The molecule has 3 aromatic carbocycles. The van der Waals surface area contributed by atoms with E-state index in [2.05, 4.69) is 5.32 Å². The van der Waals surface area contributed by atoms with Crippen LogP contribution in [0.25, 0.3) is 0 Å². The Balaban J connectivity index is 1.75. The van der Waals surface area contributed by atoms with Crippen molar-refractivity contribution in [2.75, 3.05) is 12.0 Å². The van der Waals surface area contributed by atoms with E-state index in [0.29, 0.717) is 0 Å². The fourth-order valence-corrected chi connectivity index (χ4v) is 5.61. The molecule has 6 nitrogen and oxygen atoms in total. The number of nitrogens with zero attached hydrogens (tertiary/aromatic N) is 1. The number of methoxy groups -OCH3 is 1. The van der Waals surface area contributed by atoms with Gasteiger partial charge >= 0.3 is 18.3 Å². The summed E-state index contributed by atoms with van der Waals surface area (Å²) in [7, 11) is 1.06. The average molecular weight is 562 g/mol. The molecule has 2 fully saturated rings. The molecule has 2 aliphatic heterocycles. The third-order valence-electron chi connectivity index (χ3n) is 7.36. The zero-order valence-corrected chi connectivity index (χ0v) is 20.6. The number of hydrogen-bond donors (Lipinski definition) is 1. The molecule has 3 atom stereocenters. The highest BCUT2D eigenvalue weighted by molar-refractivity contribution is 6.24. The third kappa shape index (κ3) is 4.23. The summed E-state index contributed by atoms with van der Waals surface area (Å²) in [5.41, 5.74) is -3.59. The molecule has 2 heterocycles. The van der Waals surface area contributed by atoms with Gasteiger partial charge in [-0.25, -0.2) is 4.90 Å². The second-order valence-electron chi connectivity index (χ2n) is 9.45. The molecular formula is C28H20F6N2O4. The SMILES string of the molecule is COC(=O)[C@@H]1NC(c2ccc(C(F)(F)F)cc2)(c2ccc(C(F)(F)F)cc2)[C@@H]2C(=O)N(c3ccccc3)C(=O)[C@@H]21. The highest BCUT2D eigenvalue weighted by Crippen LogP contribution is 2.53. The third-order valence-corrected chi connectivity index (χ3v) is 7.36. The number of rotatable bonds is 4. The maximum atomic E-state index is 14.0. The number of anilines is 1. The van der Waals surface area contributed by atoms with E-state index >= 15 is 0 Å². The lowest BCUT2D eigenvalue weighted by Crippen LogP contribution is -2.52. The van der Waals surface area contributed by atoms with Crippen LogP contribution in [0.1, 0.15) is 22.3 Å². The number of amides is 2. The quantitative estimate of drug-likeness (QED) is 0.278. The van der Waals surface area contributed by atoms with Crippen LogP contribution in [0.3, 0.4) is 0 Å². The maximum Gasteiger partial charge on any atom is 0.416 e. The van der Waals surface area contributed by atoms with Crippen molar-refractivity contribution in [3.63, 3.8) is 0 Å². The Hall–Kier alpha value is -4.19. The van der Waals surface area contributed by atoms with Gasteiger partial charge in [-0.3, -0.25) is 19.7 Å². The lowest BCUT2D eigenvalue weighted by atomic mass is 9.71. The van der Waals surface area contributed by atoms with Gasteiger partial charge in [-0.1, -0.05) is 42.5 Å². The maximum absolute atomic E-state index is 14.0. The number of carbonyl (C=O) groups excluding carboxylic acids is 3. The van der Waals surface area contributed by atoms with Crippen LogP contribution in [0, 0.1) is 11.8 Å². The Kier molecular flexibility index (Phi) is 6.48. The van der Waals surface area contributed by atoms with Crippen LogP contribution in [0.5, 0.6) is 0 Å². The van der Waals surface area contributed by atoms with Crippen LogP contribution < -0.4 is 10.2 Å². The Morgan fingerprint density at radius 1 is 0.775 bits per heavy atom. The summed E-state index contributed by atoms with van der Waals surface area (Å²) in [6.45, 7) is 0. The number of alkyl halides is 6. The number of ether oxygens (including phenoxy) is 1. The van der Waals surface area contributed by atoms with Crippen LogP contribution in [0.15, 0.2) is 78.9 Å². The first-order valence-electron chi connectivity index (χ1n) is 11.9. The molecule has 0 saturated carbocycles. The summed E-state index contributed by atoms with van der Waals surface area (Å²) in [6.07, 6.45) is -9.38. The smallest absolute Gasteiger partial charge is 0.416 e. The number of para-hydroxylation sites is 1. The van der Waals surface area contributed by atoms with Gasteiger partial charge in [0, 0.05) is 0 Å². The van der Waals surface area contributed by atoms with Crippen LogP contribution in [-0.4, -0.2) is 30.9 Å². The summed E-state index contributed by atoms with van der Waals surface area (Å²) < 4.78 is 85.1. The fraction of sp³-hybridized carbons (Fsp3) is 0.250. The fourth-order valence-electron chi connectivity index (χ4n) is 5.61. The predicted molar refractivity (Wildman–Crippen MR) is 129 cm³/mol. The van der Waals surface area contributed by atoms with E-state index in [-0.39, 0.29) is 16.8 Å². The second-order valence-corrected chi connectivity index (χ2v) is 9.45. The highest BCUT2D eigenvalue weighted by atomic mass is 19.4. The topological polar surface area (TPSA) is 75.7 Å². The van der Waals surface area contributed by atoms with E-state index in [1.54, 1.807) is 18.2 Å².